The lowest BCUT2D eigenvalue weighted by molar-refractivity contribution is -0.129. The van der Waals surface area contributed by atoms with Crippen LogP contribution in [-0.4, -0.2) is 5.91 Å². The van der Waals surface area contributed by atoms with Gasteiger partial charge in [0.25, 0.3) is 0 Å². The van der Waals surface area contributed by atoms with Gasteiger partial charge in [0.2, 0.25) is 5.91 Å². The molecule has 0 unspecified atom stereocenters. The van der Waals surface area contributed by atoms with E-state index in [0.29, 0.717) is 5.02 Å². The standard InChI is InChI=1S/C16H14ClNO/c1-11-15(12-7-9-13(17)10-8-12)18(16(11)19)14-5-3-2-4-6-14/h2-11,15H,1H3/t11-,15+/m0/s1. The van der Waals surface area contributed by atoms with Crippen LogP contribution in [0.5, 0.6) is 0 Å². The Balaban J connectivity index is 1.96. The SMILES string of the molecule is C[C@@H]1C(=O)N(c2ccccc2)[C@H]1c1ccc(Cl)cc1. The number of carbonyl (C=O) groups excluding carboxylic acids is 1. The monoisotopic (exact) mass is 271 g/mol. The Kier molecular flexibility index (Phi) is 3.03. The molecule has 1 saturated heterocycles. The molecule has 0 radical (unpaired) electrons. The van der Waals surface area contributed by atoms with Crippen LogP contribution < -0.4 is 4.90 Å². The van der Waals surface area contributed by atoms with Crippen LogP contribution in [0.25, 0.3) is 0 Å². The summed E-state index contributed by atoms with van der Waals surface area (Å²) in [6.45, 7) is 1.97. The lowest BCUT2D eigenvalue weighted by Crippen LogP contribution is -2.54. The van der Waals surface area contributed by atoms with E-state index in [0.717, 1.165) is 11.3 Å². The highest BCUT2D eigenvalue weighted by Crippen LogP contribution is 2.43. The number of β-lactam (4-membered cyclic amide) rings is 1. The van der Waals surface area contributed by atoms with E-state index < -0.39 is 0 Å². The number of carbonyl (C=O) groups is 1. The summed E-state index contributed by atoms with van der Waals surface area (Å²) in [5, 5.41) is 0.716. The van der Waals surface area contributed by atoms with Crippen molar-refractivity contribution in [1.82, 2.24) is 0 Å². The van der Waals surface area contributed by atoms with Crippen LogP contribution >= 0.6 is 11.6 Å². The third kappa shape index (κ3) is 2.02. The average molecular weight is 272 g/mol. The smallest absolute Gasteiger partial charge is 0.232 e. The zero-order valence-corrected chi connectivity index (χ0v) is 11.3. The fourth-order valence-electron chi connectivity index (χ4n) is 2.61. The summed E-state index contributed by atoms with van der Waals surface area (Å²) < 4.78 is 0. The van der Waals surface area contributed by atoms with Gasteiger partial charge in [-0.3, -0.25) is 4.79 Å². The molecular formula is C16H14ClNO. The quantitative estimate of drug-likeness (QED) is 0.754. The highest BCUT2D eigenvalue weighted by molar-refractivity contribution is 6.30. The van der Waals surface area contributed by atoms with Crippen molar-refractivity contribution in [2.75, 3.05) is 4.90 Å². The van der Waals surface area contributed by atoms with Crippen molar-refractivity contribution >= 4 is 23.2 Å². The van der Waals surface area contributed by atoms with Crippen LogP contribution in [-0.2, 0) is 4.79 Å². The molecule has 2 aromatic rings. The summed E-state index contributed by atoms with van der Waals surface area (Å²) >= 11 is 5.92. The van der Waals surface area contributed by atoms with E-state index in [1.165, 1.54) is 0 Å². The van der Waals surface area contributed by atoms with Gasteiger partial charge in [0.15, 0.2) is 0 Å². The zero-order valence-electron chi connectivity index (χ0n) is 10.6. The van der Waals surface area contributed by atoms with E-state index in [-0.39, 0.29) is 17.9 Å². The van der Waals surface area contributed by atoms with Gasteiger partial charge in [-0.05, 0) is 29.8 Å². The van der Waals surface area contributed by atoms with Gasteiger partial charge < -0.3 is 4.90 Å². The Labute approximate surface area is 117 Å². The Bertz CT molecular complexity index is 594. The first kappa shape index (κ1) is 12.2. The first-order valence-corrected chi connectivity index (χ1v) is 6.70. The maximum Gasteiger partial charge on any atom is 0.232 e. The van der Waals surface area contributed by atoms with E-state index in [4.69, 9.17) is 11.6 Å². The lowest BCUT2D eigenvalue weighted by Gasteiger charge is -2.46. The molecule has 1 heterocycles. The molecule has 1 fully saturated rings. The predicted molar refractivity (Wildman–Crippen MR) is 77.3 cm³/mol. The van der Waals surface area contributed by atoms with E-state index in [1.54, 1.807) is 0 Å². The largest absolute Gasteiger partial charge is 0.304 e. The highest BCUT2D eigenvalue weighted by atomic mass is 35.5. The van der Waals surface area contributed by atoms with Crippen LogP contribution in [0.15, 0.2) is 54.6 Å². The number of hydrogen-bond donors (Lipinski definition) is 0. The molecule has 3 heteroatoms. The summed E-state index contributed by atoms with van der Waals surface area (Å²) in [7, 11) is 0. The van der Waals surface area contributed by atoms with Crippen LogP contribution in [0.1, 0.15) is 18.5 Å². The number of rotatable bonds is 2. The minimum atomic E-state index is 0.0152. The topological polar surface area (TPSA) is 20.3 Å². The number of amides is 1. The van der Waals surface area contributed by atoms with Crippen LogP contribution in [0.4, 0.5) is 5.69 Å². The molecule has 0 aliphatic carbocycles. The molecule has 3 rings (SSSR count). The van der Waals surface area contributed by atoms with E-state index in [1.807, 2.05) is 66.4 Å². The highest BCUT2D eigenvalue weighted by Gasteiger charge is 2.45. The van der Waals surface area contributed by atoms with Gasteiger partial charge in [0.1, 0.15) is 0 Å². The third-order valence-electron chi connectivity index (χ3n) is 3.62. The molecule has 96 valence electrons. The average Bonchev–Trinajstić information content (AvgIpc) is 2.46. The molecule has 0 N–H and O–H groups in total. The molecule has 1 amide bonds. The minimum Gasteiger partial charge on any atom is -0.304 e. The van der Waals surface area contributed by atoms with E-state index >= 15 is 0 Å². The molecule has 1 aliphatic heterocycles. The normalized spacial score (nSPS) is 22.2. The van der Waals surface area contributed by atoms with Crippen molar-refractivity contribution in [3.63, 3.8) is 0 Å². The van der Waals surface area contributed by atoms with Gasteiger partial charge in [-0.2, -0.15) is 0 Å². The van der Waals surface area contributed by atoms with Gasteiger partial charge in [0.05, 0.1) is 12.0 Å². The summed E-state index contributed by atoms with van der Waals surface area (Å²) in [6.07, 6.45) is 0. The number of benzene rings is 2. The summed E-state index contributed by atoms with van der Waals surface area (Å²) in [5.41, 5.74) is 2.07. The van der Waals surface area contributed by atoms with Gasteiger partial charge >= 0.3 is 0 Å². The number of hydrogen-bond acceptors (Lipinski definition) is 1. The van der Waals surface area contributed by atoms with Crippen LogP contribution in [0, 0.1) is 5.92 Å². The zero-order chi connectivity index (χ0) is 13.4. The van der Waals surface area contributed by atoms with Crippen LogP contribution in [0.3, 0.4) is 0 Å². The molecule has 1 aliphatic rings. The fraction of sp³-hybridized carbons (Fsp3) is 0.188. The van der Waals surface area contributed by atoms with Crippen molar-refractivity contribution in [2.45, 2.75) is 13.0 Å². The van der Waals surface area contributed by atoms with E-state index in [2.05, 4.69) is 0 Å². The molecule has 0 spiro atoms. The second kappa shape index (κ2) is 4.71. The van der Waals surface area contributed by atoms with Crippen molar-refractivity contribution in [3.05, 3.63) is 65.2 Å². The fourth-order valence-corrected chi connectivity index (χ4v) is 2.73. The third-order valence-corrected chi connectivity index (χ3v) is 3.88. The summed E-state index contributed by atoms with van der Waals surface area (Å²) in [4.78, 5) is 14.0. The Morgan fingerprint density at radius 2 is 1.63 bits per heavy atom. The molecule has 0 aromatic heterocycles. The summed E-state index contributed by atoms with van der Waals surface area (Å²) in [5.74, 6) is 0.188. The lowest BCUT2D eigenvalue weighted by atomic mass is 9.83. The molecule has 2 atom stereocenters. The van der Waals surface area contributed by atoms with Crippen molar-refractivity contribution in [2.24, 2.45) is 5.92 Å². The maximum atomic E-state index is 12.1. The Hall–Kier alpha value is -1.80. The van der Waals surface area contributed by atoms with Crippen LogP contribution in [0.2, 0.25) is 5.02 Å². The second-order valence-corrected chi connectivity index (χ2v) is 5.27. The van der Waals surface area contributed by atoms with Gasteiger partial charge in [-0.25, -0.2) is 0 Å². The van der Waals surface area contributed by atoms with Crippen molar-refractivity contribution in [3.8, 4) is 0 Å². The Morgan fingerprint density at radius 1 is 1.00 bits per heavy atom. The number of para-hydroxylation sites is 1. The first-order valence-electron chi connectivity index (χ1n) is 6.32. The maximum absolute atomic E-state index is 12.1. The number of nitrogens with zero attached hydrogens (tertiary/aromatic N) is 1. The minimum absolute atomic E-state index is 0.0152. The molecular weight excluding hydrogens is 258 g/mol. The van der Waals surface area contributed by atoms with Crippen molar-refractivity contribution < 1.29 is 4.79 Å². The molecule has 2 aromatic carbocycles. The second-order valence-electron chi connectivity index (χ2n) is 4.83. The van der Waals surface area contributed by atoms with Gasteiger partial charge in [-0.15, -0.1) is 0 Å². The Morgan fingerprint density at radius 3 is 2.26 bits per heavy atom. The number of anilines is 1. The van der Waals surface area contributed by atoms with Gasteiger partial charge in [0, 0.05) is 10.7 Å². The predicted octanol–water partition coefficient (Wildman–Crippen LogP) is 4.06. The van der Waals surface area contributed by atoms with E-state index in [9.17, 15) is 4.79 Å². The molecule has 19 heavy (non-hydrogen) atoms. The first-order chi connectivity index (χ1) is 9.18. The molecule has 2 nitrogen and oxygen atoms in total. The molecule has 0 bridgehead atoms. The van der Waals surface area contributed by atoms with Gasteiger partial charge in [-0.1, -0.05) is 48.9 Å². The summed E-state index contributed by atoms with van der Waals surface area (Å²) in [6, 6.07) is 17.6. The number of halogens is 1. The van der Waals surface area contributed by atoms with Crippen molar-refractivity contribution in [1.29, 1.82) is 0 Å². The molecule has 0 saturated carbocycles.